The fourth-order valence-electron chi connectivity index (χ4n) is 9.73. The van der Waals surface area contributed by atoms with Crippen molar-refractivity contribution in [3.63, 3.8) is 0 Å². The van der Waals surface area contributed by atoms with Crippen molar-refractivity contribution in [2.75, 3.05) is 19.8 Å². The SMILES string of the molecule is CC12CCC(OCC(=O)CN3C(=O)CCC3=O)CC1CCC1C2CC(O)C2(C)C(C3=CC(=O)OC3)CCC12O. The van der Waals surface area contributed by atoms with E-state index in [9.17, 15) is 29.4 Å². The number of Topliss-reactive ketones (excluding diaryl/α,β-unsaturated/α-hetero) is 1. The molecule has 4 saturated carbocycles. The molecule has 39 heavy (non-hydrogen) atoms. The summed E-state index contributed by atoms with van der Waals surface area (Å²) in [6.07, 6.45) is 7.55. The first-order valence-electron chi connectivity index (χ1n) is 14.7. The van der Waals surface area contributed by atoms with Gasteiger partial charge in [-0.05, 0) is 86.0 Å². The van der Waals surface area contributed by atoms with E-state index in [2.05, 4.69) is 6.92 Å². The summed E-state index contributed by atoms with van der Waals surface area (Å²) in [7, 11) is 0. The number of cyclic esters (lactones) is 1. The van der Waals surface area contributed by atoms with Crippen molar-refractivity contribution < 1.29 is 38.9 Å². The lowest BCUT2D eigenvalue weighted by Crippen LogP contribution is -2.67. The number of carbonyl (C=O) groups excluding carboxylic acids is 4. The molecular formula is C30H41NO8. The van der Waals surface area contributed by atoms with E-state index < -0.39 is 17.1 Å². The highest BCUT2D eigenvalue weighted by Crippen LogP contribution is 2.70. The molecule has 1 saturated heterocycles. The molecule has 2 heterocycles. The molecule has 2 N–H and O–H groups in total. The van der Waals surface area contributed by atoms with Crippen LogP contribution < -0.4 is 0 Å². The maximum Gasteiger partial charge on any atom is 0.331 e. The number of fused-ring (bicyclic) bond motifs is 5. The maximum atomic E-state index is 12.5. The van der Waals surface area contributed by atoms with Crippen LogP contribution in [0.15, 0.2) is 11.6 Å². The Balaban J connectivity index is 1.12. The molecule has 0 aromatic carbocycles. The molecule has 2 aliphatic heterocycles. The second kappa shape index (κ2) is 9.48. The van der Waals surface area contributed by atoms with Crippen molar-refractivity contribution in [3.05, 3.63) is 11.6 Å². The van der Waals surface area contributed by atoms with E-state index in [-0.39, 0.29) is 85.4 Å². The smallest absolute Gasteiger partial charge is 0.331 e. The molecule has 2 amide bonds. The molecule has 6 rings (SSSR count). The second-order valence-electron chi connectivity index (χ2n) is 13.5. The van der Waals surface area contributed by atoms with E-state index in [1.54, 1.807) is 6.08 Å². The van der Waals surface area contributed by atoms with Crippen LogP contribution in [0.2, 0.25) is 0 Å². The zero-order valence-corrected chi connectivity index (χ0v) is 23.0. The van der Waals surface area contributed by atoms with Crippen LogP contribution in [-0.4, -0.2) is 76.2 Å². The van der Waals surface area contributed by atoms with Crippen LogP contribution in [0, 0.1) is 34.5 Å². The number of esters is 1. The highest BCUT2D eigenvalue weighted by atomic mass is 16.5. The number of ether oxygens (including phenoxy) is 2. The summed E-state index contributed by atoms with van der Waals surface area (Å²) >= 11 is 0. The first-order valence-corrected chi connectivity index (χ1v) is 14.7. The number of rotatable bonds is 6. The van der Waals surface area contributed by atoms with Gasteiger partial charge in [0.2, 0.25) is 11.8 Å². The Morgan fingerprint density at radius 2 is 1.79 bits per heavy atom. The topological polar surface area (TPSA) is 130 Å². The zero-order valence-electron chi connectivity index (χ0n) is 23.0. The third-order valence-corrected chi connectivity index (χ3v) is 12.0. The van der Waals surface area contributed by atoms with Crippen LogP contribution in [0.5, 0.6) is 0 Å². The Morgan fingerprint density at radius 1 is 1.05 bits per heavy atom. The highest BCUT2D eigenvalue weighted by molar-refractivity contribution is 6.04. The van der Waals surface area contributed by atoms with Crippen molar-refractivity contribution in [1.82, 2.24) is 4.90 Å². The van der Waals surface area contributed by atoms with E-state index in [1.165, 1.54) is 0 Å². The fourth-order valence-corrected chi connectivity index (χ4v) is 9.73. The molecule has 4 aliphatic carbocycles. The predicted octanol–water partition coefficient (Wildman–Crippen LogP) is 2.32. The molecule has 9 unspecified atom stereocenters. The number of carbonyl (C=O) groups is 4. The van der Waals surface area contributed by atoms with Crippen molar-refractivity contribution >= 4 is 23.6 Å². The molecule has 0 spiro atoms. The first-order chi connectivity index (χ1) is 18.5. The number of hydrogen-bond donors (Lipinski definition) is 2. The van der Waals surface area contributed by atoms with Crippen molar-refractivity contribution in [2.45, 2.75) is 95.9 Å². The van der Waals surface area contributed by atoms with Crippen LogP contribution in [0.25, 0.3) is 0 Å². The summed E-state index contributed by atoms with van der Waals surface area (Å²) in [5.41, 5.74) is -0.842. The van der Waals surface area contributed by atoms with E-state index in [1.807, 2.05) is 6.92 Å². The summed E-state index contributed by atoms with van der Waals surface area (Å²) < 4.78 is 11.2. The molecule has 9 atom stereocenters. The maximum absolute atomic E-state index is 12.5. The minimum Gasteiger partial charge on any atom is -0.458 e. The standard InChI is InChI=1S/C30H41NO8/c1-28-9-7-20(38-16-19(32)14-31-25(34)5-6-26(31)35)12-18(28)3-4-22-23(28)13-24(33)29(2)21(8-10-30(22,29)37)17-11-27(36)39-15-17/h11,18,20-24,33,37H,3-10,12-16H2,1-2H3. The summed E-state index contributed by atoms with van der Waals surface area (Å²) in [6, 6.07) is 0. The van der Waals surface area contributed by atoms with Gasteiger partial charge in [-0.15, -0.1) is 0 Å². The van der Waals surface area contributed by atoms with Gasteiger partial charge in [-0.2, -0.15) is 0 Å². The Hall–Kier alpha value is -2.10. The summed E-state index contributed by atoms with van der Waals surface area (Å²) in [4.78, 5) is 48.9. The molecule has 214 valence electrons. The normalized spacial score (nSPS) is 45.5. The minimum atomic E-state index is -0.995. The van der Waals surface area contributed by atoms with Gasteiger partial charge in [-0.25, -0.2) is 4.79 Å². The fraction of sp³-hybridized carbons (Fsp3) is 0.800. The summed E-state index contributed by atoms with van der Waals surface area (Å²) in [5.74, 6) is -0.591. The Morgan fingerprint density at radius 3 is 2.49 bits per heavy atom. The van der Waals surface area contributed by atoms with Gasteiger partial charge in [0.25, 0.3) is 0 Å². The number of nitrogens with zero attached hydrogens (tertiary/aromatic N) is 1. The van der Waals surface area contributed by atoms with Gasteiger partial charge in [0.15, 0.2) is 5.78 Å². The first kappa shape index (κ1) is 27.1. The van der Waals surface area contributed by atoms with Gasteiger partial charge >= 0.3 is 5.97 Å². The lowest BCUT2D eigenvalue weighted by atomic mass is 9.42. The number of aliphatic hydroxyl groups excluding tert-OH is 1. The van der Waals surface area contributed by atoms with E-state index in [0.29, 0.717) is 18.8 Å². The molecule has 9 nitrogen and oxygen atoms in total. The summed E-state index contributed by atoms with van der Waals surface area (Å²) in [6.45, 7) is 4.29. The molecule has 0 bridgehead atoms. The quantitative estimate of drug-likeness (QED) is 0.386. The lowest BCUT2D eigenvalue weighted by molar-refractivity contribution is -0.245. The molecule has 9 heteroatoms. The van der Waals surface area contributed by atoms with Crippen molar-refractivity contribution in [2.24, 2.45) is 34.5 Å². The lowest BCUT2D eigenvalue weighted by Gasteiger charge is -2.65. The van der Waals surface area contributed by atoms with Gasteiger partial charge in [-0.1, -0.05) is 13.8 Å². The van der Waals surface area contributed by atoms with E-state index in [0.717, 1.165) is 49.0 Å². The van der Waals surface area contributed by atoms with E-state index >= 15 is 0 Å². The Kier molecular flexibility index (Phi) is 6.59. The van der Waals surface area contributed by atoms with Crippen LogP contribution in [0.1, 0.15) is 78.1 Å². The monoisotopic (exact) mass is 543 g/mol. The molecule has 0 radical (unpaired) electrons. The molecule has 0 aromatic heterocycles. The van der Waals surface area contributed by atoms with Gasteiger partial charge < -0.3 is 19.7 Å². The molecule has 5 fully saturated rings. The second-order valence-corrected chi connectivity index (χ2v) is 13.5. The third-order valence-electron chi connectivity index (χ3n) is 12.0. The number of ketones is 1. The van der Waals surface area contributed by atoms with Crippen LogP contribution in [-0.2, 0) is 28.7 Å². The van der Waals surface area contributed by atoms with Crippen molar-refractivity contribution in [3.8, 4) is 0 Å². The average molecular weight is 544 g/mol. The zero-order chi connectivity index (χ0) is 27.7. The average Bonchev–Trinajstić information content (AvgIpc) is 3.55. The number of imide groups is 1. The molecule has 6 aliphatic rings. The largest absolute Gasteiger partial charge is 0.458 e. The predicted molar refractivity (Wildman–Crippen MR) is 138 cm³/mol. The Bertz CT molecular complexity index is 1100. The van der Waals surface area contributed by atoms with Crippen LogP contribution >= 0.6 is 0 Å². The van der Waals surface area contributed by atoms with E-state index in [4.69, 9.17) is 9.47 Å². The van der Waals surface area contributed by atoms with Gasteiger partial charge in [0.1, 0.15) is 13.2 Å². The number of aliphatic hydroxyl groups is 2. The van der Waals surface area contributed by atoms with Crippen molar-refractivity contribution in [1.29, 1.82) is 0 Å². The number of hydrogen-bond acceptors (Lipinski definition) is 8. The number of amides is 2. The summed E-state index contributed by atoms with van der Waals surface area (Å²) in [5, 5.41) is 24.0. The minimum absolute atomic E-state index is 0.0387. The molecular weight excluding hydrogens is 502 g/mol. The van der Waals surface area contributed by atoms with Gasteiger partial charge in [-0.3, -0.25) is 19.3 Å². The third kappa shape index (κ3) is 4.05. The Labute approximate surface area is 229 Å². The van der Waals surface area contributed by atoms with Crippen LogP contribution in [0.3, 0.4) is 0 Å². The highest BCUT2D eigenvalue weighted by Gasteiger charge is 2.70. The molecule has 0 aromatic rings. The van der Waals surface area contributed by atoms with Gasteiger partial charge in [0.05, 0.1) is 24.4 Å². The number of likely N-dealkylation sites (tertiary alicyclic amines) is 1. The van der Waals surface area contributed by atoms with Crippen LogP contribution in [0.4, 0.5) is 0 Å². The van der Waals surface area contributed by atoms with Gasteiger partial charge in [0, 0.05) is 24.3 Å².